The summed E-state index contributed by atoms with van der Waals surface area (Å²) in [4.78, 5) is 0. The first-order chi connectivity index (χ1) is 9.82. The van der Waals surface area contributed by atoms with Crippen molar-refractivity contribution >= 4 is 9.84 Å². The lowest BCUT2D eigenvalue weighted by Crippen LogP contribution is -2.30. The van der Waals surface area contributed by atoms with Crippen molar-refractivity contribution in [3.05, 3.63) is 28.8 Å². The van der Waals surface area contributed by atoms with Crippen molar-refractivity contribution in [1.82, 2.24) is 5.32 Å². The molecule has 0 bridgehead atoms. The van der Waals surface area contributed by atoms with Crippen LogP contribution in [0.2, 0.25) is 0 Å². The highest BCUT2D eigenvalue weighted by Crippen LogP contribution is 2.28. The van der Waals surface area contributed by atoms with E-state index < -0.39 is 22.0 Å². The van der Waals surface area contributed by atoms with Crippen LogP contribution in [0.3, 0.4) is 0 Å². The van der Waals surface area contributed by atoms with Crippen LogP contribution in [0.4, 0.5) is 0 Å². The standard InChI is InChI=1S/C15H23NO4S/c1-4-16-7-12-5-10(2)15(11(3)6-12)20-14-9-21(18,19)8-13(14)17/h5-6,13-14,16-17H,4,7-9H2,1-3H3. The first-order valence-corrected chi connectivity index (χ1v) is 9.00. The number of benzene rings is 1. The van der Waals surface area contributed by atoms with Crippen LogP contribution in [0.5, 0.6) is 5.75 Å². The van der Waals surface area contributed by atoms with Crippen LogP contribution >= 0.6 is 0 Å². The van der Waals surface area contributed by atoms with Gasteiger partial charge in [0.2, 0.25) is 0 Å². The van der Waals surface area contributed by atoms with Gasteiger partial charge >= 0.3 is 0 Å². The van der Waals surface area contributed by atoms with E-state index in [0.717, 1.165) is 24.2 Å². The predicted molar refractivity (Wildman–Crippen MR) is 82.4 cm³/mol. The van der Waals surface area contributed by atoms with E-state index in [1.165, 1.54) is 5.56 Å². The molecule has 0 aliphatic carbocycles. The van der Waals surface area contributed by atoms with E-state index in [4.69, 9.17) is 4.74 Å². The Morgan fingerprint density at radius 1 is 1.29 bits per heavy atom. The molecule has 5 nitrogen and oxygen atoms in total. The number of nitrogens with one attached hydrogen (secondary N) is 1. The van der Waals surface area contributed by atoms with Crippen LogP contribution in [0.1, 0.15) is 23.6 Å². The molecule has 2 rings (SSSR count). The summed E-state index contributed by atoms with van der Waals surface area (Å²) in [5.41, 5.74) is 3.08. The molecule has 1 aromatic rings. The van der Waals surface area contributed by atoms with Crippen LogP contribution < -0.4 is 10.1 Å². The Bertz CT molecular complexity index is 589. The molecular formula is C15H23NO4S. The summed E-state index contributed by atoms with van der Waals surface area (Å²) in [6.45, 7) is 7.63. The Kier molecular flexibility index (Phi) is 4.91. The van der Waals surface area contributed by atoms with Gasteiger partial charge in [-0.05, 0) is 37.1 Å². The van der Waals surface area contributed by atoms with E-state index in [1.807, 2.05) is 26.0 Å². The van der Waals surface area contributed by atoms with E-state index in [9.17, 15) is 13.5 Å². The number of aryl methyl sites for hydroxylation is 2. The van der Waals surface area contributed by atoms with Gasteiger partial charge in [0.1, 0.15) is 18.0 Å². The lowest BCUT2D eigenvalue weighted by Gasteiger charge is -2.20. The predicted octanol–water partition coefficient (Wildman–Crippen LogP) is 0.950. The lowest BCUT2D eigenvalue weighted by molar-refractivity contribution is 0.0729. The monoisotopic (exact) mass is 313 g/mol. The molecule has 2 atom stereocenters. The summed E-state index contributed by atoms with van der Waals surface area (Å²) < 4.78 is 28.9. The molecule has 0 saturated carbocycles. The Labute approximate surface area is 126 Å². The fourth-order valence-corrected chi connectivity index (χ4v) is 4.32. The summed E-state index contributed by atoms with van der Waals surface area (Å²) in [7, 11) is -3.20. The van der Waals surface area contributed by atoms with Crippen LogP contribution in [-0.4, -0.2) is 43.8 Å². The maximum Gasteiger partial charge on any atom is 0.156 e. The Morgan fingerprint density at radius 3 is 2.38 bits per heavy atom. The van der Waals surface area contributed by atoms with Gasteiger partial charge in [-0.15, -0.1) is 0 Å². The van der Waals surface area contributed by atoms with Crippen molar-refractivity contribution in [1.29, 1.82) is 0 Å². The first kappa shape index (κ1) is 16.3. The van der Waals surface area contributed by atoms with Crippen molar-refractivity contribution in [2.45, 2.75) is 39.5 Å². The summed E-state index contributed by atoms with van der Waals surface area (Å²) in [5, 5.41) is 13.1. The van der Waals surface area contributed by atoms with Crippen LogP contribution in [0, 0.1) is 13.8 Å². The van der Waals surface area contributed by atoms with E-state index in [2.05, 4.69) is 12.2 Å². The van der Waals surface area contributed by atoms with Gasteiger partial charge in [0, 0.05) is 6.54 Å². The molecule has 1 aliphatic rings. The molecular weight excluding hydrogens is 290 g/mol. The summed E-state index contributed by atoms with van der Waals surface area (Å²) in [6.07, 6.45) is -1.62. The second-order valence-corrected chi connectivity index (χ2v) is 7.79. The van der Waals surface area contributed by atoms with Crippen molar-refractivity contribution in [2.24, 2.45) is 0 Å². The second-order valence-electron chi connectivity index (χ2n) is 5.64. The van der Waals surface area contributed by atoms with Crippen molar-refractivity contribution in [3.63, 3.8) is 0 Å². The van der Waals surface area contributed by atoms with Gasteiger partial charge in [0.15, 0.2) is 9.84 Å². The number of hydrogen-bond donors (Lipinski definition) is 2. The molecule has 1 saturated heterocycles. The molecule has 21 heavy (non-hydrogen) atoms. The molecule has 6 heteroatoms. The Balaban J connectivity index is 2.17. The average Bonchev–Trinajstić information content (AvgIpc) is 2.64. The summed E-state index contributed by atoms with van der Waals surface area (Å²) in [6, 6.07) is 4.06. The van der Waals surface area contributed by atoms with Gasteiger partial charge in [-0.25, -0.2) is 8.42 Å². The van der Waals surface area contributed by atoms with E-state index in [1.54, 1.807) is 0 Å². The minimum absolute atomic E-state index is 0.119. The minimum atomic E-state index is -3.20. The SMILES string of the molecule is CCNCc1cc(C)c(OC2CS(=O)(=O)CC2O)c(C)c1. The van der Waals surface area contributed by atoms with E-state index in [-0.39, 0.29) is 11.5 Å². The quantitative estimate of drug-likeness (QED) is 0.846. The number of hydrogen-bond acceptors (Lipinski definition) is 5. The van der Waals surface area contributed by atoms with Crippen LogP contribution in [0.15, 0.2) is 12.1 Å². The highest BCUT2D eigenvalue weighted by molar-refractivity contribution is 7.91. The molecule has 2 unspecified atom stereocenters. The van der Waals surface area contributed by atoms with Gasteiger partial charge in [-0.2, -0.15) is 0 Å². The second kappa shape index (κ2) is 6.34. The summed E-state index contributed by atoms with van der Waals surface area (Å²) >= 11 is 0. The van der Waals surface area contributed by atoms with Crippen molar-refractivity contribution in [2.75, 3.05) is 18.1 Å². The highest BCUT2D eigenvalue weighted by Gasteiger charge is 2.38. The van der Waals surface area contributed by atoms with Gasteiger partial charge in [-0.1, -0.05) is 19.1 Å². The first-order valence-electron chi connectivity index (χ1n) is 7.18. The molecule has 1 heterocycles. The van der Waals surface area contributed by atoms with E-state index >= 15 is 0 Å². The molecule has 0 aromatic heterocycles. The molecule has 1 fully saturated rings. The van der Waals surface area contributed by atoms with Crippen LogP contribution in [-0.2, 0) is 16.4 Å². The normalized spacial score (nSPS) is 24.2. The topological polar surface area (TPSA) is 75.6 Å². The molecule has 0 radical (unpaired) electrons. The number of ether oxygens (including phenoxy) is 1. The number of aliphatic hydroxyl groups excluding tert-OH is 1. The third-order valence-electron chi connectivity index (χ3n) is 3.64. The van der Waals surface area contributed by atoms with Gasteiger partial charge in [0.05, 0.1) is 11.5 Å². The molecule has 2 N–H and O–H groups in total. The number of rotatable bonds is 5. The molecule has 118 valence electrons. The third-order valence-corrected chi connectivity index (χ3v) is 5.33. The average molecular weight is 313 g/mol. The number of aliphatic hydroxyl groups is 1. The highest BCUT2D eigenvalue weighted by atomic mass is 32.2. The van der Waals surface area contributed by atoms with Gasteiger partial charge in [-0.3, -0.25) is 0 Å². The zero-order valence-corrected chi connectivity index (χ0v) is 13.5. The third kappa shape index (κ3) is 3.96. The molecule has 0 amide bonds. The van der Waals surface area contributed by atoms with E-state index in [0.29, 0.717) is 5.75 Å². The fourth-order valence-electron chi connectivity index (χ4n) is 2.66. The fraction of sp³-hybridized carbons (Fsp3) is 0.600. The minimum Gasteiger partial charge on any atom is -0.486 e. The smallest absolute Gasteiger partial charge is 0.156 e. The maximum absolute atomic E-state index is 11.5. The van der Waals surface area contributed by atoms with Gasteiger partial charge in [0.25, 0.3) is 0 Å². The Morgan fingerprint density at radius 2 is 1.90 bits per heavy atom. The molecule has 1 aromatic carbocycles. The maximum atomic E-state index is 11.5. The lowest BCUT2D eigenvalue weighted by atomic mass is 10.1. The van der Waals surface area contributed by atoms with Crippen molar-refractivity contribution < 1.29 is 18.3 Å². The van der Waals surface area contributed by atoms with Crippen molar-refractivity contribution in [3.8, 4) is 5.75 Å². The molecule has 0 spiro atoms. The largest absolute Gasteiger partial charge is 0.486 e. The van der Waals surface area contributed by atoms with Crippen LogP contribution in [0.25, 0.3) is 0 Å². The zero-order chi connectivity index (χ0) is 15.6. The molecule has 1 aliphatic heterocycles. The van der Waals surface area contributed by atoms with Gasteiger partial charge < -0.3 is 15.2 Å². The summed E-state index contributed by atoms with van der Waals surface area (Å²) in [5.74, 6) is 0.344. The number of sulfone groups is 1. The Hall–Kier alpha value is -1.11. The zero-order valence-electron chi connectivity index (χ0n) is 12.7.